The third kappa shape index (κ3) is 6.85. The van der Waals surface area contributed by atoms with Gasteiger partial charge in [-0.2, -0.15) is 4.98 Å². The Morgan fingerprint density at radius 2 is 1.79 bits per heavy atom. The van der Waals surface area contributed by atoms with Gasteiger partial charge in [0, 0.05) is 17.7 Å². The van der Waals surface area contributed by atoms with Crippen LogP contribution in [0.2, 0.25) is 0 Å². The fraction of sp³-hybridized carbons (Fsp3) is 0.190. The summed E-state index contributed by atoms with van der Waals surface area (Å²) in [6.45, 7) is 6.23. The molecule has 0 aliphatic carbocycles. The molecule has 3 rings (SSSR count). The van der Waals surface area contributed by atoms with Crippen LogP contribution in [0.15, 0.2) is 48.4 Å². The number of nitrogen functional groups attached to an aromatic ring is 1. The van der Waals surface area contributed by atoms with Crippen LogP contribution in [0.4, 0.5) is 11.6 Å². The number of hydrogen-bond donors (Lipinski definition) is 6. The molecule has 13 nitrogen and oxygen atoms in total. The Kier molecular flexibility index (Phi) is 8.76. The maximum atomic E-state index is 12.3. The second kappa shape index (κ2) is 11.7. The fourth-order valence-electron chi connectivity index (χ4n) is 2.75. The van der Waals surface area contributed by atoms with Gasteiger partial charge in [-0.1, -0.05) is 0 Å². The zero-order valence-corrected chi connectivity index (χ0v) is 17.9. The van der Waals surface area contributed by atoms with E-state index < -0.39 is 29.4 Å². The number of nitrogens with two attached hydrogens (primary N) is 1. The van der Waals surface area contributed by atoms with Crippen LogP contribution in [0.5, 0.6) is 0 Å². The molecular weight excluding hydrogens is 446 g/mol. The number of rotatable bonds is 9. The molecule has 13 heteroatoms. The molecule has 7 N–H and O–H groups in total. The quantitative estimate of drug-likeness (QED) is 0.241. The van der Waals surface area contributed by atoms with Crippen LogP contribution >= 0.6 is 0 Å². The zero-order chi connectivity index (χ0) is 25.3. The molecule has 2 heterocycles. The standard InChI is InChI=1S/C19H19N7O6.C2H4/c20-19-25-15-14(17(30)26-19)23-11(8-22-15)7-21-10-3-1-9(2-4-10)16(29)24-12(18(31)32)5-6-13(27)28;1-2/h1-4,8,12,21H,5-7H2,(H,24,29)(H,27,28)(H,31,32)(H3,20,22,25,26,30);1-2H2. The predicted molar refractivity (Wildman–Crippen MR) is 123 cm³/mol. The second-order valence-corrected chi connectivity index (χ2v) is 6.71. The van der Waals surface area contributed by atoms with E-state index in [1.54, 1.807) is 12.1 Å². The minimum atomic E-state index is -1.31. The van der Waals surface area contributed by atoms with Crippen molar-refractivity contribution >= 4 is 40.6 Å². The highest BCUT2D eigenvalue weighted by molar-refractivity contribution is 5.96. The fourth-order valence-corrected chi connectivity index (χ4v) is 2.75. The lowest BCUT2D eigenvalue weighted by Gasteiger charge is -2.14. The second-order valence-electron chi connectivity index (χ2n) is 6.71. The smallest absolute Gasteiger partial charge is 0.326 e. The van der Waals surface area contributed by atoms with Crippen LogP contribution in [-0.2, 0) is 16.1 Å². The van der Waals surface area contributed by atoms with Gasteiger partial charge in [0.2, 0.25) is 5.95 Å². The van der Waals surface area contributed by atoms with Crippen molar-refractivity contribution in [2.24, 2.45) is 0 Å². The van der Waals surface area contributed by atoms with Crippen molar-refractivity contribution in [1.29, 1.82) is 0 Å². The molecule has 34 heavy (non-hydrogen) atoms. The molecule has 0 fully saturated rings. The van der Waals surface area contributed by atoms with Crippen molar-refractivity contribution in [3.63, 3.8) is 0 Å². The lowest BCUT2D eigenvalue weighted by Crippen LogP contribution is -2.41. The summed E-state index contributed by atoms with van der Waals surface area (Å²) in [5.41, 5.74) is 6.47. The van der Waals surface area contributed by atoms with Crippen molar-refractivity contribution < 1.29 is 24.6 Å². The molecule has 0 radical (unpaired) electrons. The van der Waals surface area contributed by atoms with E-state index in [-0.39, 0.29) is 42.1 Å². The first-order chi connectivity index (χ1) is 16.2. The summed E-state index contributed by atoms with van der Waals surface area (Å²) in [7, 11) is 0. The summed E-state index contributed by atoms with van der Waals surface area (Å²) in [6.07, 6.45) is 0.840. The molecule has 1 atom stereocenters. The Bertz CT molecular complexity index is 1240. The molecule has 0 spiro atoms. The number of H-pyrrole nitrogens is 1. The third-order valence-electron chi connectivity index (χ3n) is 4.36. The van der Waals surface area contributed by atoms with Crippen LogP contribution in [-0.4, -0.2) is 54.0 Å². The number of hydrogen-bond acceptors (Lipinski definition) is 9. The predicted octanol–water partition coefficient (Wildman–Crippen LogP) is 0.757. The number of aromatic amines is 1. The molecule has 1 aromatic carbocycles. The van der Waals surface area contributed by atoms with E-state index >= 15 is 0 Å². The average Bonchev–Trinajstić information content (AvgIpc) is 2.81. The normalized spacial score (nSPS) is 11.1. The van der Waals surface area contributed by atoms with Crippen molar-refractivity contribution in [2.45, 2.75) is 25.4 Å². The van der Waals surface area contributed by atoms with Gasteiger partial charge in [-0.25, -0.2) is 14.8 Å². The molecular formula is C21H23N7O6. The van der Waals surface area contributed by atoms with E-state index in [2.05, 4.69) is 43.7 Å². The topological polar surface area (TPSA) is 213 Å². The highest BCUT2D eigenvalue weighted by atomic mass is 16.4. The van der Waals surface area contributed by atoms with Crippen molar-refractivity contribution in [2.75, 3.05) is 11.1 Å². The first-order valence-electron chi connectivity index (χ1n) is 9.83. The molecule has 0 bridgehead atoms. The molecule has 0 aliphatic rings. The van der Waals surface area contributed by atoms with Crippen LogP contribution in [0.1, 0.15) is 28.9 Å². The summed E-state index contributed by atoms with van der Waals surface area (Å²) in [4.78, 5) is 60.6. The van der Waals surface area contributed by atoms with Gasteiger partial charge in [0.05, 0.1) is 18.4 Å². The van der Waals surface area contributed by atoms with Crippen LogP contribution in [0, 0.1) is 0 Å². The van der Waals surface area contributed by atoms with Gasteiger partial charge in [-0.15, -0.1) is 13.2 Å². The number of nitrogens with one attached hydrogen (secondary N) is 3. The van der Waals surface area contributed by atoms with Gasteiger partial charge in [-0.05, 0) is 30.7 Å². The van der Waals surface area contributed by atoms with Crippen LogP contribution in [0.3, 0.4) is 0 Å². The summed E-state index contributed by atoms with van der Waals surface area (Å²) >= 11 is 0. The molecule has 3 aromatic rings. The number of carboxylic acid groups (broad SMARTS) is 2. The number of anilines is 2. The molecule has 0 aliphatic heterocycles. The Balaban J connectivity index is 0.00000199. The van der Waals surface area contributed by atoms with Crippen LogP contribution < -0.4 is 21.9 Å². The van der Waals surface area contributed by atoms with E-state index in [0.29, 0.717) is 11.4 Å². The van der Waals surface area contributed by atoms with Gasteiger partial charge in [-0.3, -0.25) is 19.4 Å². The summed E-state index contributed by atoms with van der Waals surface area (Å²) in [5.74, 6) is -3.16. The van der Waals surface area contributed by atoms with E-state index in [4.69, 9.17) is 15.9 Å². The van der Waals surface area contributed by atoms with Crippen molar-refractivity contribution in [3.8, 4) is 0 Å². The van der Waals surface area contributed by atoms with E-state index in [1.807, 2.05) is 0 Å². The van der Waals surface area contributed by atoms with Gasteiger partial charge in [0.1, 0.15) is 6.04 Å². The number of aromatic nitrogens is 4. The van der Waals surface area contributed by atoms with E-state index in [9.17, 15) is 19.2 Å². The molecule has 0 saturated carbocycles. The zero-order valence-electron chi connectivity index (χ0n) is 17.9. The first-order valence-corrected chi connectivity index (χ1v) is 9.83. The number of carbonyl (C=O) groups excluding carboxylic acids is 1. The number of nitrogens with zero attached hydrogens (tertiary/aromatic N) is 3. The SMILES string of the molecule is C=C.Nc1nc2ncc(CNc3ccc(C(=O)NC(CCC(=O)O)C(=O)O)cc3)nc2c(=O)[nH]1. The number of benzene rings is 1. The Morgan fingerprint density at radius 1 is 1.12 bits per heavy atom. The molecule has 1 unspecified atom stereocenters. The number of aliphatic carboxylic acids is 2. The number of fused-ring (bicyclic) bond motifs is 1. The van der Waals surface area contributed by atoms with E-state index in [0.717, 1.165) is 0 Å². The van der Waals surface area contributed by atoms with Crippen molar-refractivity contribution in [3.05, 3.63) is 65.2 Å². The van der Waals surface area contributed by atoms with Crippen molar-refractivity contribution in [1.82, 2.24) is 25.3 Å². The maximum absolute atomic E-state index is 12.3. The third-order valence-corrected chi connectivity index (χ3v) is 4.36. The van der Waals surface area contributed by atoms with Gasteiger partial charge in [0.15, 0.2) is 11.2 Å². The molecule has 1 amide bonds. The number of carboxylic acids is 2. The molecule has 2 aromatic heterocycles. The summed E-state index contributed by atoms with van der Waals surface area (Å²) in [6, 6.07) is 4.86. The Labute approximate surface area is 192 Å². The number of amides is 1. The summed E-state index contributed by atoms with van der Waals surface area (Å²) in [5, 5.41) is 23.2. The van der Waals surface area contributed by atoms with Crippen LogP contribution in [0.25, 0.3) is 11.2 Å². The maximum Gasteiger partial charge on any atom is 0.326 e. The highest BCUT2D eigenvalue weighted by Gasteiger charge is 2.21. The Morgan fingerprint density at radius 3 is 2.41 bits per heavy atom. The van der Waals surface area contributed by atoms with Gasteiger partial charge >= 0.3 is 11.9 Å². The Hall–Kier alpha value is -4.81. The monoisotopic (exact) mass is 469 g/mol. The highest BCUT2D eigenvalue weighted by Crippen LogP contribution is 2.12. The van der Waals surface area contributed by atoms with Gasteiger partial charge in [0.25, 0.3) is 11.5 Å². The summed E-state index contributed by atoms with van der Waals surface area (Å²) < 4.78 is 0. The molecule has 178 valence electrons. The first kappa shape index (κ1) is 25.5. The lowest BCUT2D eigenvalue weighted by atomic mass is 10.1. The van der Waals surface area contributed by atoms with Gasteiger partial charge < -0.3 is 26.6 Å². The largest absolute Gasteiger partial charge is 0.481 e. The number of carbonyl (C=O) groups is 3. The lowest BCUT2D eigenvalue weighted by molar-refractivity contribution is -0.140. The van der Waals surface area contributed by atoms with E-state index in [1.165, 1.54) is 18.3 Å². The average molecular weight is 469 g/mol. The minimum absolute atomic E-state index is 0.0524. The minimum Gasteiger partial charge on any atom is -0.481 e. The molecule has 0 saturated heterocycles.